The molecule has 1 aromatic carbocycles. The summed E-state index contributed by atoms with van der Waals surface area (Å²) in [5.74, 6) is -1.87. The van der Waals surface area contributed by atoms with E-state index in [1.165, 1.54) is 19.1 Å². The van der Waals surface area contributed by atoms with Gasteiger partial charge in [-0.3, -0.25) is 0 Å². The zero-order chi connectivity index (χ0) is 13.3. The Hall–Kier alpha value is -1.00. The molecule has 1 aliphatic rings. The molecular formula is C14H18F2O2. The summed E-state index contributed by atoms with van der Waals surface area (Å²) in [5.41, 5.74) is -0.624. The molecule has 4 heteroatoms. The van der Waals surface area contributed by atoms with Crippen LogP contribution in [0.4, 0.5) is 8.78 Å². The van der Waals surface area contributed by atoms with Crippen molar-refractivity contribution in [3.8, 4) is 0 Å². The van der Waals surface area contributed by atoms with E-state index in [1.807, 2.05) is 0 Å². The van der Waals surface area contributed by atoms with E-state index in [1.54, 1.807) is 6.92 Å². The first-order valence-electron chi connectivity index (χ1n) is 6.22. The van der Waals surface area contributed by atoms with Gasteiger partial charge in [-0.25, -0.2) is 8.78 Å². The Balaban J connectivity index is 2.33. The monoisotopic (exact) mass is 256 g/mol. The highest BCUT2D eigenvalue weighted by molar-refractivity contribution is 5.28. The standard InChI is InChI=1S/C14H18F2O2/c1-9-5-6-10(12(16)11(9)15)13(17)14(2)7-3-4-8-18-14/h5-6,13,17H,3-4,7-8H2,1-2H3. The summed E-state index contributed by atoms with van der Waals surface area (Å²) in [7, 11) is 0. The third kappa shape index (κ3) is 2.27. The lowest BCUT2D eigenvalue weighted by molar-refractivity contribution is -0.139. The zero-order valence-corrected chi connectivity index (χ0v) is 10.7. The van der Waals surface area contributed by atoms with Crippen molar-refractivity contribution < 1.29 is 18.6 Å². The number of aliphatic hydroxyl groups excluding tert-OH is 1. The molecule has 1 aliphatic heterocycles. The molecule has 1 heterocycles. The van der Waals surface area contributed by atoms with Crippen LogP contribution in [0.15, 0.2) is 12.1 Å². The van der Waals surface area contributed by atoms with Gasteiger partial charge in [-0.2, -0.15) is 0 Å². The molecular weight excluding hydrogens is 238 g/mol. The number of aliphatic hydroxyl groups is 1. The highest BCUT2D eigenvalue weighted by Crippen LogP contribution is 2.37. The van der Waals surface area contributed by atoms with Gasteiger partial charge in [0.05, 0.1) is 5.60 Å². The van der Waals surface area contributed by atoms with E-state index >= 15 is 0 Å². The van der Waals surface area contributed by atoms with Crippen LogP contribution in [-0.4, -0.2) is 17.3 Å². The Morgan fingerprint density at radius 3 is 2.61 bits per heavy atom. The summed E-state index contributed by atoms with van der Waals surface area (Å²) in [4.78, 5) is 0. The third-order valence-corrected chi connectivity index (χ3v) is 3.68. The predicted octanol–water partition coefficient (Wildman–Crippen LogP) is 3.27. The van der Waals surface area contributed by atoms with Crippen LogP contribution in [0, 0.1) is 18.6 Å². The number of halogens is 2. The first-order chi connectivity index (χ1) is 8.46. The first kappa shape index (κ1) is 13.4. The highest BCUT2D eigenvalue weighted by Gasteiger charge is 2.38. The molecule has 1 saturated heterocycles. The minimum atomic E-state index is -1.15. The summed E-state index contributed by atoms with van der Waals surface area (Å²) in [6, 6.07) is 2.91. The average Bonchev–Trinajstić information content (AvgIpc) is 2.36. The molecule has 1 aromatic rings. The van der Waals surface area contributed by atoms with Crippen LogP contribution in [0.2, 0.25) is 0 Å². The Labute approximate surface area is 106 Å². The SMILES string of the molecule is Cc1ccc(C(O)C2(C)CCCCO2)c(F)c1F. The number of benzene rings is 1. The second kappa shape index (κ2) is 4.94. The van der Waals surface area contributed by atoms with Crippen molar-refractivity contribution in [2.45, 2.75) is 44.8 Å². The molecule has 0 aromatic heterocycles. The second-order valence-electron chi connectivity index (χ2n) is 5.12. The van der Waals surface area contributed by atoms with Gasteiger partial charge in [0.15, 0.2) is 11.6 Å². The van der Waals surface area contributed by atoms with Crippen molar-refractivity contribution in [2.24, 2.45) is 0 Å². The topological polar surface area (TPSA) is 29.5 Å². The molecule has 1 fully saturated rings. The van der Waals surface area contributed by atoms with E-state index in [-0.39, 0.29) is 11.1 Å². The van der Waals surface area contributed by atoms with Gasteiger partial charge in [-0.15, -0.1) is 0 Å². The number of aryl methyl sites for hydroxylation is 1. The van der Waals surface area contributed by atoms with Crippen molar-refractivity contribution >= 4 is 0 Å². The summed E-state index contributed by atoms with van der Waals surface area (Å²) >= 11 is 0. The molecule has 0 aliphatic carbocycles. The van der Waals surface area contributed by atoms with E-state index in [9.17, 15) is 13.9 Å². The van der Waals surface area contributed by atoms with E-state index in [2.05, 4.69) is 0 Å². The van der Waals surface area contributed by atoms with Crippen LogP contribution in [0.1, 0.15) is 43.4 Å². The smallest absolute Gasteiger partial charge is 0.164 e. The van der Waals surface area contributed by atoms with Gasteiger partial charge in [0, 0.05) is 12.2 Å². The number of rotatable bonds is 2. The predicted molar refractivity (Wildman–Crippen MR) is 64.3 cm³/mol. The van der Waals surface area contributed by atoms with E-state index in [0.717, 1.165) is 12.8 Å². The highest BCUT2D eigenvalue weighted by atomic mass is 19.2. The average molecular weight is 256 g/mol. The molecule has 0 bridgehead atoms. The van der Waals surface area contributed by atoms with E-state index in [0.29, 0.717) is 13.0 Å². The van der Waals surface area contributed by atoms with Crippen LogP contribution in [-0.2, 0) is 4.74 Å². The number of ether oxygens (including phenoxy) is 1. The van der Waals surface area contributed by atoms with Crippen LogP contribution < -0.4 is 0 Å². The summed E-state index contributed by atoms with van der Waals surface area (Å²) in [5, 5.41) is 10.3. The maximum Gasteiger partial charge on any atom is 0.164 e. The van der Waals surface area contributed by atoms with Crippen molar-refractivity contribution in [1.29, 1.82) is 0 Å². The first-order valence-corrected chi connectivity index (χ1v) is 6.22. The minimum Gasteiger partial charge on any atom is -0.385 e. The van der Waals surface area contributed by atoms with Gasteiger partial charge in [0.2, 0.25) is 0 Å². The van der Waals surface area contributed by atoms with E-state index < -0.39 is 23.3 Å². The molecule has 0 amide bonds. The molecule has 0 saturated carbocycles. The lowest BCUT2D eigenvalue weighted by Crippen LogP contribution is -2.39. The molecule has 2 atom stereocenters. The Morgan fingerprint density at radius 1 is 1.28 bits per heavy atom. The quantitative estimate of drug-likeness (QED) is 0.880. The van der Waals surface area contributed by atoms with Crippen molar-refractivity contribution in [3.63, 3.8) is 0 Å². The number of hydrogen-bond acceptors (Lipinski definition) is 2. The van der Waals surface area contributed by atoms with Crippen LogP contribution in [0.5, 0.6) is 0 Å². The Bertz CT molecular complexity index is 440. The largest absolute Gasteiger partial charge is 0.385 e. The van der Waals surface area contributed by atoms with Gasteiger partial charge in [-0.1, -0.05) is 12.1 Å². The fourth-order valence-electron chi connectivity index (χ4n) is 2.37. The molecule has 18 heavy (non-hydrogen) atoms. The van der Waals surface area contributed by atoms with Gasteiger partial charge < -0.3 is 9.84 Å². The second-order valence-corrected chi connectivity index (χ2v) is 5.12. The third-order valence-electron chi connectivity index (χ3n) is 3.68. The molecule has 0 spiro atoms. The van der Waals surface area contributed by atoms with Gasteiger partial charge in [0.25, 0.3) is 0 Å². The fourth-order valence-corrected chi connectivity index (χ4v) is 2.37. The van der Waals surface area contributed by atoms with E-state index in [4.69, 9.17) is 4.74 Å². The molecule has 2 rings (SSSR count). The summed E-state index contributed by atoms with van der Waals surface area (Å²) in [6.07, 6.45) is 1.35. The molecule has 2 nitrogen and oxygen atoms in total. The molecule has 1 N–H and O–H groups in total. The van der Waals surface area contributed by atoms with Crippen molar-refractivity contribution in [2.75, 3.05) is 6.61 Å². The molecule has 100 valence electrons. The maximum atomic E-state index is 13.8. The maximum absolute atomic E-state index is 13.8. The minimum absolute atomic E-state index is 0.0255. The normalized spacial score (nSPS) is 26.1. The molecule has 2 unspecified atom stereocenters. The fraction of sp³-hybridized carbons (Fsp3) is 0.571. The van der Waals surface area contributed by atoms with Gasteiger partial charge >= 0.3 is 0 Å². The zero-order valence-electron chi connectivity index (χ0n) is 10.7. The summed E-state index contributed by atoms with van der Waals surface area (Å²) in [6.45, 7) is 3.78. The van der Waals surface area contributed by atoms with Crippen molar-refractivity contribution in [3.05, 3.63) is 34.9 Å². The van der Waals surface area contributed by atoms with Crippen molar-refractivity contribution in [1.82, 2.24) is 0 Å². The molecule has 0 radical (unpaired) electrons. The van der Waals surface area contributed by atoms with Gasteiger partial charge in [-0.05, 0) is 38.7 Å². The Kier molecular flexibility index (Phi) is 3.69. The van der Waals surface area contributed by atoms with Gasteiger partial charge in [0.1, 0.15) is 6.10 Å². The van der Waals surface area contributed by atoms with Crippen LogP contribution in [0.25, 0.3) is 0 Å². The van der Waals surface area contributed by atoms with Crippen LogP contribution >= 0.6 is 0 Å². The van der Waals surface area contributed by atoms with Crippen LogP contribution in [0.3, 0.4) is 0 Å². The lowest BCUT2D eigenvalue weighted by Gasteiger charge is -2.38. The summed E-state index contributed by atoms with van der Waals surface area (Å²) < 4.78 is 32.9. The Morgan fingerprint density at radius 2 is 2.00 bits per heavy atom. The lowest BCUT2D eigenvalue weighted by atomic mass is 9.86. The number of hydrogen-bond donors (Lipinski definition) is 1.